The SMILES string of the molecule is COc1ccc(-n2nc(Sc3ccc(Cl)cc3)cc(CC[C@@H](C)NC(=O)[C@H]3CNCC[C@@H]3c3ccccc3)c2=O)cc1.Cl. The molecule has 1 fully saturated rings. The van der Waals surface area contributed by atoms with E-state index in [0.717, 1.165) is 17.9 Å². The Labute approximate surface area is 267 Å². The largest absolute Gasteiger partial charge is 0.497 e. The summed E-state index contributed by atoms with van der Waals surface area (Å²) in [5.41, 5.74) is 2.31. The minimum Gasteiger partial charge on any atom is -0.497 e. The summed E-state index contributed by atoms with van der Waals surface area (Å²) in [6, 6.07) is 26.8. The molecule has 0 aliphatic carbocycles. The van der Waals surface area contributed by atoms with Gasteiger partial charge in [-0.05, 0) is 98.8 Å². The highest BCUT2D eigenvalue weighted by Gasteiger charge is 2.32. The van der Waals surface area contributed by atoms with Crippen LogP contribution in [0.1, 0.15) is 36.8 Å². The van der Waals surface area contributed by atoms with Crippen molar-refractivity contribution in [2.24, 2.45) is 5.92 Å². The first-order chi connectivity index (χ1) is 20.4. The monoisotopic (exact) mass is 638 g/mol. The molecule has 1 saturated heterocycles. The maximum absolute atomic E-state index is 13.6. The Morgan fingerprint density at radius 2 is 1.84 bits per heavy atom. The van der Waals surface area contributed by atoms with Gasteiger partial charge in [0.25, 0.3) is 5.56 Å². The summed E-state index contributed by atoms with van der Waals surface area (Å²) in [7, 11) is 1.60. The van der Waals surface area contributed by atoms with Crippen molar-refractivity contribution in [3.05, 3.63) is 111 Å². The molecular formula is C33H36Cl2N4O3S. The lowest BCUT2D eigenvalue weighted by atomic mass is 9.80. The number of nitrogens with one attached hydrogen (secondary N) is 2. The molecule has 7 nitrogen and oxygen atoms in total. The quantitative estimate of drug-likeness (QED) is 0.212. The summed E-state index contributed by atoms with van der Waals surface area (Å²) in [4.78, 5) is 28.0. The van der Waals surface area contributed by atoms with Gasteiger partial charge in [0.15, 0.2) is 0 Å². The Kier molecular flexibility index (Phi) is 11.7. The van der Waals surface area contributed by atoms with E-state index in [1.165, 1.54) is 22.0 Å². The van der Waals surface area contributed by atoms with E-state index in [2.05, 4.69) is 27.9 Å². The average Bonchev–Trinajstić information content (AvgIpc) is 3.02. The predicted molar refractivity (Wildman–Crippen MR) is 175 cm³/mol. The van der Waals surface area contributed by atoms with Crippen LogP contribution in [0.3, 0.4) is 0 Å². The molecule has 2 N–H and O–H groups in total. The molecule has 2 heterocycles. The van der Waals surface area contributed by atoms with Crippen molar-refractivity contribution in [3.8, 4) is 11.4 Å². The number of carbonyl (C=O) groups is 1. The number of hydrogen-bond acceptors (Lipinski definition) is 6. The smallest absolute Gasteiger partial charge is 0.274 e. The van der Waals surface area contributed by atoms with Crippen molar-refractivity contribution in [1.29, 1.82) is 0 Å². The summed E-state index contributed by atoms with van der Waals surface area (Å²) < 4.78 is 6.72. The Morgan fingerprint density at radius 1 is 1.12 bits per heavy atom. The highest BCUT2D eigenvalue weighted by molar-refractivity contribution is 7.99. The van der Waals surface area contributed by atoms with Crippen molar-refractivity contribution < 1.29 is 9.53 Å². The van der Waals surface area contributed by atoms with Crippen LogP contribution in [0.15, 0.2) is 99.6 Å². The molecule has 0 saturated carbocycles. The van der Waals surface area contributed by atoms with E-state index in [0.29, 0.717) is 46.4 Å². The predicted octanol–water partition coefficient (Wildman–Crippen LogP) is 6.30. The van der Waals surface area contributed by atoms with Gasteiger partial charge in [-0.25, -0.2) is 0 Å². The molecule has 0 unspecified atom stereocenters. The van der Waals surface area contributed by atoms with Crippen LogP contribution in [0.25, 0.3) is 5.69 Å². The number of halogens is 2. The summed E-state index contributed by atoms with van der Waals surface area (Å²) in [5.74, 6) is 0.794. The van der Waals surface area contributed by atoms with Crippen LogP contribution >= 0.6 is 35.8 Å². The first kappa shape index (κ1) is 32.6. The zero-order valence-corrected chi connectivity index (χ0v) is 26.6. The van der Waals surface area contributed by atoms with Crippen LogP contribution in [-0.2, 0) is 11.2 Å². The minimum absolute atomic E-state index is 0. The fourth-order valence-electron chi connectivity index (χ4n) is 5.30. The maximum atomic E-state index is 13.6. The number of benzene rings is 3. The first-order valence-electron chi connectivity index (χ1n) is 14.2. The second kappa shape index (κ2) is 15.4. The minimum atomic E-state index is -0.181. The van der Waals surface area contributed by atoms with Gasteiger partial charge in [-0.1, -0.05) is 53.7 Å². The molecular weight excluding hydrogens is 603 g/mol. The number of amides is 1. The number of ether oxygens (including phenoxy) is 1. The molecule has 0 bridgehead atoms. The normalized spacial score (nSPS) is 17.0. The van der Waals surface area contributed by atoms with E-state index in [4.69, 9.17) is 16.3 Å². The number of piperidine rings is 1. The van der Waals surface area contributed by atoms with Gasteiger partial charge < -0.3 is 15.4 Å². The van der Waals surface area contributed by atoms with Crippen LogP contribution in [0, 0.1) is 5.92 Å². The molecule has 1 aliphatic rings. The number of hydrogen-bond donors (Lipinski definition) is 2. The number of nitrogens with zero attached hydrogens (tertiary/aromatic N) is 2. The van der Waals surface area contributed by atoms with E-state index in [1.807, 2.05) is 79.7 Å². The third-order valence-corrected chi connectivity index (χ3v) is 8.77. The van der Waals surface area contributed by atoms with Gasteiger partial charge in [0.05, 0.1) is 18.7 Å². The molecule has 43 heavy (non-hydrogen) atoms. The van der Waals surface area contributed by atoms with E-state index in [9.17, 15) is 9.59 Å². The highest BCUT2D eigenvalue weighted by atomic mass is 35.5. The number of aromatic nitrogens is 2. The lowest BCUT2D eigenvalue weighted by molar-refractivity contribution is -0.126. The Balaban J connectivity index is 0.00000423. The molecule has 10 heteroatoms. The average molecular weight is 640 g/mol. The van der Waals surface area contributed by atoms with Gasteiger partial charge in [-0.3, -0.25) is 9.59 Å². The van der Waals surface area contributed by atoms with Gasteiger partial charge in [-0.2, -0.15) is 9.78 Å². The third-order valence-electron chi connectivity index (χ3n) is 7.60. The second-order valence-corrected chi connectivity index (χ2v) is 12.1. The van der Waals surface area contributed by atoms with Crippen LogP contribution < -0.4 is 20.9 Å². The van der Waals surface area contributed by atoms with Crippen molar-refractivity contribution >= 4 is 41.7 Å². The summed E-state index contributed by atoms with van der Waals surface area (Å²) in [6.07, 6.45) is 2.04. The van der Waals surface area contributed by atoms with E-state index in [-0.39, 0.29) is 41.8 Å². The number of methoxy groups -OCH3 is 1. The standard InChI is InChI=1S/C33H35ClN4O3S.ClH/c1-22(36-32(39)30-21-35-19-18-29(30)23-6-4-3-5-7-23)8-9-24-20-31(42-28-16-10-25(34)11-17-28)37-38(33(24)40)26-12-14-27(41-2)15-13-26;/h3-7,10-17,20,22,29-30,35H,8-9,18-19,21H2,1-2H3,(H,36,39);1H/t22-,29-,30+;/m1./s1. The van der Waals surface area contributed by atoms with Crippen LogP contribution in [-0.4, -0.2) is 41.9 Å². The topological polar surface area (TPSA) is 85.2 Å². The van der Waals surface area contributed by atoms with Gasteiger partial charge in [0.2, 0.25) is 5.91 Å². The Hall–Kier alpha value is -3.30. The molecule has 1 aromatic heterocycles. The fourth-order valence-corrected chi connectivity index (χ4v) is 6.26. The zero-order valence-electron chi connectivity index (χ0n) is 24.2. The van der Waals surface area contributed by atoms with Gasteiger partial charge in [0.1, 0.15) is 10.8 Å². The van der Waals surface area contributed by atoms with Crippen LogP contribution in [0.5, 0.6) is 5.75 Å². The Bertz CT molecular complexity index is 1550. The molecule has 1 aliphatic heterocycles. The Morgan fingerprint density at radius 3 is 2.53 bits per heavy atom. The van der Waals surface area contributed by atoms with Gasteiger partial charge >= 0.3 is 0 Å². The molecule has 0 spiro atoms. The first-order valence-corrected chi connectivity index (χ1v) is 15.4. The van der Waals surface area contributed by atoms with E-state index >= 15 is 0 Å². The molecule has 226 valence electrons. The van der Waals surface area contributed by atoms with Crippen LogP contribution in [0.4, 0.5) is 0 Å². The summed E-state index contributed by atoms with van der Waals surface area (Å²) in [6.45, 7) is 3.55. The number of rotatable bonds is 10. The van der Waals surface area contributed by atoms with Crippen molar-refractivity contribution in [3.63, 3.8) is 0 Å². The second-order valence-electron chi connectivity index (χ2n) is 10.5. The zero-order chi connectivity index (χ0) is 29.5. The van der Waals surface area contributed by atoms with Crippen molar-refractivity contribution in [2.75, 3.05) is 20.2 Å². The summed E-state index contributed by atoms with van der Waals surface area (Å²) >= 11 is 7.54. The van der Waals surface area contributed by atoms with Gasteiger partial charge in [-0.15, -0.1) is 12.4 Å². The molecule has 0 radical (unpaired) electrons. The van der Waals surface area contributed by atoms with Crippen molar-refractivity contribution in [1.82, 2.24) is 20.4 Å². The molecule has 3 atom stereocenters. The third kappa shape index (κ3) is 8.42. The van der Waals surface area contributed by atoms with E-state index < -0.39 is 0 Å². The maximum Gasteiger partial charge on any atom is 0.274 e. The summed E-state index contributed by atoms with van der Waals surface area (Å²) in [5, 5.41) is 12.6. The number of aryl methyl sites for hydroxylation is 1. The highest BCUT2D eigenvalue weighted by Crippen LogP contribution is 2.31. The fraction of sp³-hybridized carbons (Fsp3) is 0.303. The molecule has 4 aromatic rings. The van der Waals surface area contributed by atoms with Gasteiger partial charge in [0, 0.05) is 28.1 Å². The van der Waals surface area contributed by atoms with Crippen LogP contribution in [0.2, 0.25) is 5.02 Å². The molecule has 5 rings (SSSR count). The van der Waals surface area contributed by atoms with E-state index in [1.54, 1.807) is 7.11 Å². The lowest BCUT2D eigenvalue weighted by Gasteiger charge is -2.32. The lowest BCUT2D eigenvalue weighted by Crippen LogP contribution is -2.47. The molecule has 1 amide bonds. The van der Waals surface area contributed by atoms with Crippen molar-refractivity contribution in [2.45, 2.75) is 48.1 Å². The molecule has 3 aromatic carbocycles. The number of carbonyl (C=O) groups excluding carboxylic acids is 1.